The number of hydrogen-bond donors (Lipinski definition) is 2. The highest BCUT2D eigenvalue weighted by molar-refractivity contribution is 6.01. The predicted molar refractivity (Wildman–Crippen MR) is 173 cm³/mol. The number of nitrogens with zero attached hydrogens (tertiary/aromatic N) is 4. The molecule has 0 saturated heterocycles. The van der Waals surface area contributed by atoms with E-state index in [0.29, 0.717) is 35.8 Å². The lowest BCUT2D eigenvalue weighted by Crippen LogP contribution is -2.49. The van der Waals surface area contributed by atoms with E-state index < -0.39 is 11.6 Å². The fourth-order valence-corrected chi connectivity index (χ4v) is 6.12. The molecule has 2 aliphatic rings. The summed E-state index contributed by atoms with van der Waals surface area (Å²) in [5, 5.41) is 16.2. The van der Waals surface area contributed by atoms with Crippen molar-refractivity contribution < 1.29 is 19.4 Å². The molecule has 0 unspecified atom stereocenters. The molecule has 4 aromatic rings. The monoisotopic (exact) mass is 599 g/mol. The lowest BCUT2D eigenvalue weighted by Gasteiger charge is -2.32. The molecular weight excluding hydrogens is 566 g/mol. The Balaban J connectivity index is 1.42. The fourth-order valence-electron chi connectivity index (χ4n) is 6.12. The van der Waals surface area contributed by atoms with Gasteiger partial charge in [-0.3, -0.25) is 4.79 Å². The van der Waals surface area contributed by atoms with Crippen LogP contribution in [0.2, 0.25) is 0 Å². The molecule has 6 rings (SSSR count). The number of carbonyl (C=O) groups is 1. The standard InChI is InChI=1S/C36H33N5O4/c1-2-20-36(35(43)39-32-30-14-7-5-12-28(30)29-13-6-8-15-31(29)32)33(27-11-4-3-10-25(27)23-38-41-37)45-34(40-36)24-16-18-26(19-17-24)44-22-9-21-42/h2-8,10-19,32-33,42H,1,9,20-23H2,(H,39,43)/t33-,36-/m1/s1. The number of hydrogen-bond acceptors (Lipinski definition) is 6. The maximum Gasteiger partial charge on any atom is 0.253 e. The molecule has 0 bridgehead atoms. The average molecular weight is 600 g/mol. The lowest BCUT2D eigenvalue weighted by atomic mass is 9.82. The first-order chi connectivity index (χ1) is 22.1. The summed E-state index contributed by atoms with van der Waals surface area (Å²) in [5.41, 5.74) is 14.0. The number of aliphatic imine (C=N–C) groups is 1. The second-order valence-electron chi connectivity index (χ2n) is 11.0. The van der Waals surface area contributed by atoms with Gasteiger partial charge in [0, 0.05) is 29.9 Å². The van der Waals surface area contributed by atoms with Crippen LogP contribution in [-0.4, -0.2) is 35.7 Å². The molecule has 0 radical (unpaired) electrons. The van der Waals surface area contributed by atoms with Gasteiger partial charge in [-0.25, -0.2) is 4.99 Å². The number of benzene rings is 4. The second kappa shape index (κ2) is 13.1. The van der Waals surface area contributed by atoms with Crippen LogP contribution in [0.4, 0.5) is 0 Å². The Labute approximate surface area is 261 Å². The number of azide groups is 1. The first-order valence-corrected chi connectivity index (χ1v) is 14.9. The molecular formula is C36H33N5O4. The number of aliphatic hydroxyl groups is 1. The summed E-state index contributed by atoms with van der Waals surface area (Å²) in [7, 11) is 0. The van der Waals surface area contributed by atoms with E-state index in [1.165, 1.54) is 0 Å². The molecule has 2 atom stereocenters. The van der Waals surface area contributed by atoms with Crippen molar-refractivity contribution in [2.24, 2.45) is 10.1 Å². The quantitative estimate of drug-likeness (QED) is 0.0598. The predicted octanol–water partition coefficient (Wildman–Crippen LogP) is 6.98. The fraction of sp³-hybridized carbons (Fsp3) is 0.222. The highest BCUT2D eigenvalue weighted by Gasteiger charge is 2.53. The van der Waals surface area contributed by atoms with Crippen molar-refractivity contribution >= 4 is 11.8 Å². The van der Waals surface area contributed by atoms with Crippen molar-refractivity contribution in [1.29, 1.82) is 0 Å². The summed E-state index contributed by atoms with van der Waals surface area (Å²) in [6.07, 6.45) is 1.58. The Kier molecular flexibility index (Phi) is 8.64. The Morgan fingerprint density at radius 3 is 2.29 bits per heavy atom. The third-order valence-corrected chi connectivity index (χ3v) is 8.24. The molecule has 226 valence electrons. The number of fused-ring (bicyclic) bond motifs is 3. The van der Waals surface area contributed by atoms with E-state index >= 15 is 0 Å². The van der Waals surface area contributed by atoms with E-state index in [2.05, 4.69) is 34.1 Å². The van der Waals surface area contributed by atoms with Gasteiger partial charge >= 0.3 is 0 Å². The minimum Gasteiger partial charge on any atom is -0.494 e. The van der Waals surface area contributed by atoms with Gasteiger partial charge in [0.15, 0.2) is 11.6 Å². The molecule has 0 aromatic heterocycles. The highest BCUT2D eigenvalue weighted by Crippen LogP contribution is 2.47. The van der Waals surface area contributed by atoms with Crippen molar-refractivity contribution in [3.8, 4) is 16.9 Å². The van der Waals surface area contributed by atoms with Gasteiger partial charge in [-0.1, -0.05) is 84.0 Å². The molecule has 0 saturated carbocycles. The minimum absolute atomic E-state index is 0.0523. The summed E-state index contributed by atoms with van der Waals surface area (Å²) >= 11 is 0. The number of rotatable bonds is 12. The van der Waals surface area contributed by atoms with E-state index in [-0.39, 0.29) is 31.5 Å². The summed E-state index contributed by atoms with van der Waals surface area (Å²) in [6.45, 7) is 4.54. The Morgan fingerprint density at radius 2 is 1.64 bits per heavy atom. The molecule has 1 heterocycles. The summed E-state index contributed by atoms with van der Waals surface area (Å²) < 4.78 is 12.3. The van der Waals surface area contributed by atoms with Crippen LogP contribution in [0.25, 0.3) is 21.6 Å². The van der Waals surface area contributed by atoms with Crippen LogP contribution in [0, 0.1) is 0 Å². The number of carbonyl (C=O) groups excluding carboxylic acids is 1. The molecule has 0 spiro atoms. The highest BCUT2D eigenvalue weighted by atomic mass is 16.5. The van der Waals surface area contributed by atoms with Crippen molar-refractivity contribution in [3.05, 3.63) is 148 Å². The van der Waals surface area contributed by atoms with E-state index in [1.807, 2.05) is 84.9 Å². The van der Waals surface area contributed by atoms with Crippen LogP contribution >= 0.6 is 0 Å². The molecule has 4 aromatic carbocycles. The van der Waals surface area contributed by atoms with Gasteiger partial charge < -0.3 is 19.9 Å². The van der Waals surface area contributed by atoms with Crippen molar-refractivity contribution in [2.75, 3.05) is 13.2 Å². The summed E-state index contributed by atoms with van der Waals surface area (Å²) in [5.74, 6) is 0.655. The molecule has 1 amide bonds. The molecule has 0 fully saturated rings. The Hall–Kier alpha value is -5.37. The molecule has 2 N–H and O–H groups in total. The van der Waals surface area contributed by atoms with Gasteiger partial charge in [0.25, 0.3) is 5.91 Å². The first kappa shape index (κ1) is 29.7. The van der Waals surface area contributed by atoms with Gasteiger partial charge in [0.1, 0.15) is 5.75 Å². The molecule has 1 aliphatic heterocycles. The van der Waals surface area contributed by atoms with E-state index in [9.17, 15) is 4.79 Å². The summed E-state index contributed by atoms with van der Waals surface area (Å²) in [6, 6.07) is 30.6. The molecule has 9 nitrogen and oxygen atoms in total. The third-order valence-electron chi connectivity index (χ3n) is 8.24. The third kappa shape index (κ3) is 5.67. The van der Waals surface area contributed by atoms with Crippen LogP contribution in [-0.2, 0) is 16.1 Å². The minimum atomic E-state index is -1.41. The van der Waals surface area contributed by atoms with E-state index in [1.54, 1.807) is 6.08 Å². The maximum atomic E-state index is 14.8. The van der Waals surface area contributed by atoms with E-state index in [0.717, 1.165) is 27.8 Å². The number of aliphatic hydroxyl groups excluding tert-OH is 1. The zero-order chi connectivity index (χ0) is 31.2. The van der Waals surface area contributed by atoms with Gasteiger partial charge in [-0.15, -0.1) is 6.58 Å². The van der Waals surface area contributed by atoms with Crippen LogP contribution in [0.5, 0.6) is 5.75 Å². The normalized spacial score (nSPS) is 18.2. The van der Waals surface area contributed by atoms with Gasteiger partial charge in [0.05, 0.1) is 19.2 Å². The molecule has 1 aliphatic carbocycles. The van der Waals surface area contributed by atoms with Crippen LogP contribution in [0.15, 0.2) is 120 Å². The SMILES string of the molecule is C=CC[C@@]1(C(=O)NC2c3ccccc3-c3ccccc32)N=C(c2ccc(OCCCO)cc2)O[C@@H]1c1ccccc1CN=[N+]=[N-]. The lowest BCUT2D eigenvalue weighted by molar-refractivity contribution is -0.129. The van der Waals surface area contributed by atoms with Crippen LogP contribution in [0.3, 0.4) is 0 Å². The molecule has 45 heavy (non-hydrogen) atoms. The Bertz CT molecular complexity index is 1750. The number of ether oxygens (including phenoxy) is 2. The number of amides is 1. The average Bonchev–Trinajstić information content (AvgIpc) is 3.62. The van der Waals surface area contributed by atoms with Crippen LogP contribution < -0.4 is 10.1 Å². The van der Waals surface area contributed by atoms with Gasteiger partial charge in [-0.05, 0) is 63.2 Å². The zero-order valence-electron chi connectivity index (χ0n) is 24.7. The van der Waals surface area contributed by atoms with Gasteiger partial charge in [-0.2, -0.15) is 0 Å². The van der Waals surface area contributed by atoms with Crippen molar-refractivity contribution in [3.63, 3.8) is 0 Å². The van der Waals surface area contributed by atoms with E-state index in [4.69, 9.17) is 25.1 Å². The summed E-state index contributed by atoms with van der Waals surface area (Å²) in [4.78, 5) is 22.8. The van der Waals surface area contributed by atoms with Crippen molar-refractivity contribution in [2.45, 2.75) is 37.1 Å². The topological polar surface area (TPSA) is 129 Å². The Morgan fingerprint density at radius 1 is 1.00 bits per heavy atom. The molecule has 9 heteroatoms. The smallest absolute Gasteiger partial charge is 0.253 e. The van der Waals surface area contributed by atoms with Crippen LogP contribution in [0.1, 0.15) is 52.8 Å². The van der Waals surface area contributed by atoms with Crippen molar-refractivity contribution in [1.82, 2.24) is 5.32 Å². The first-order valence-electron chi connectivity index (χ1n) is 14.9. The second-order valence-corrected chi connectivity index (χ2v) is 11.0. The largest absolute Gasteiger partial charge is 0.494 e. The maximum absolute atomic E-state index is 14.8. The van der Waals surface area contributed by atoms with Gasteiger partial charge in [0.2, 0.25) is 5.90 Å². The number of nitrogens with one attached hydrogen (secondary N) is 1. The zero-order valence-corrected chi connectivity index (χ0v) is 24.7.